The SMILES string of the molecule is C[C@@H](C[C@H]1COC(N)=N1)Oc1ccc(C#N)cc1. The molecule has 0 amide bonds. The number of hydrogen-bond acceptors (Lipinski definition) is 5. The molecule has 1 aliphatic heterocycles. The van der Waals surface area contributed by atoms with Gasteiger partial charge < -0.3 is 15.2 Å². The van der Waals surface area contributed by atoms with E-state index in [1.54, 1.807) is 24.3 Å². The smallest absolute Gasteiger partial charge is 0.282 e. The Hall–Kier alpha value is -2.22. The van der Waals surface area contributed by atoms with E-state index in [-0.39, 0.29) is 18.2 Å². The second-order valence-electron chi connectivity index (χ2n) is 4.23. The topological polar surface area (TPSA) is 80.6 Å². The molecule has 1 aromatic rings. The van der Waals surface area contributed by atoms with E-state index in [4.69, 9.17) is 20.5 Å². The van der Waals surface area contributed by atoms with Crippen molar-refractivity contribution in [1.82, 2.24) is 0 Å². The summed E-state index contributed by atoms with van der Waals surface area (Å²) in [7, 11) is 0. The van der Waals surface area contributed by atoms with Gasteiger partial charge in [0.05, 0.1) is 23.8 Å². The first kappa shape index (κ1) is 12.2. The Bertz CT molecular complexity index is 476. The molecule has 2 N–H and O–H groups in total. The number of nitriles is 1. The van der Waals surface area contributed by atoms with Gasteiger partial charge in [-0.05, 0) is 31.2 Å². The Kier molecular flexibility index (Phi) is 3.68. The van der Waals surface area contributed by atoms with Gasteiger partial charge >= 0.3 is 0 Å². The Morgan fingerprint density at radius 2 is 2.28 bits per heavy atom. The van der Waals surface area contributed by atoms with Crippen molar-refractivity contribution in [3.63, 3.8) is 0 Å². The molecule has 0 bridgehead atoms. The molecule has 0 saturated carbocycles. The molecule has 1 aliphatic rings. The zero-order valence-corrected chi connectivity index (χ0v) is 10.2. The molecule has 0 aliphatic carbocycles. The van der Waals surface area contributed by atoms with Crippen molar-refractivity contribution in [2.75, 3.05) is 6.61 Å². The summed E-state index contributed by atoms with van der Waals surface area (Å²) in [6.07, 6.45) is 0.766. The first-order valence-electron chi connectivity index (χ1n) is 5.80. The van der Waals surface area contributed by atoms with Crippen LogP contribution < -0.4 is 10.5 Å². The van der Waals surface area contributed by atoms with Gasteiger partial charge in [-0.3, -0.25) is 0 Å². The van der Waals surface area contributed by atoms with E-state index in [0.29, 0.717) is 12.2 Å². The molecule has 0 spiro atoms. The van der Waals surface area contributed by atoms with Crippen LogP contribution in [0.5, 0.6) is 5.75 Å². The van der Waals surface area contributed by atoms with Gasteiger partial charge in [0, 0.05) is 6.42 Å². The number of benzene rings is 1. The Morgan fingerprint density at radius 1 is 1.56 bits per heavy atom. The standard InChI is InChI=1S/C13H15N3O2/c1-9(6-11-8-17-13(15)16-11)18-12-4-2-10(7-14)3-5-12/h2-5,9,11H,6,8H2,1H3,(H2,15,16)/t9-,11-/m0/s1. The van der Waals surface area contributed by atoms with Gasteiger partial charge in [-0.25, -0.2) is 4.99 Å². The summed E-state index contributed by atoms with van der Waals surface area (Å²) < 4.78 is 10.8. The van der Waals surface area contributed by atoms with Crippen LogP contribution in [0.25, 0.3) is 0 Å². The fraction of sp³-hybridized carbons (Fsp3) is 0.385. The number of nitrogens with two attached hydrogens (primary N) is 1. The molecular weight excluding hydrogens is 230 g/mol. The summed E-state index contributed by atoms with van der Waals surface area (Å²) in [6, 6.07) is 9.44. The maximum Gasteiger partial charge on any atom is 0.282 e. The molecule has 1 heterocycles. The van der Waals surface area contributed by atoms with E-state index >= 15 is 0 Å². The van der Waals surface area contributed by atoms with Crippen molar-refractivity contribution in [1.29, 1.82) is 5.26 Å². The summed E-state index contributed by atoms with van der Waals surface area (Å²) in [5.41, 5.74) is 6.06. The fourth-order valence-corrected chi connectivity index (χ4v) is 1.83. The maximum atomic E-state index is 8.69. The molecule has 2 atom stereocenters. The molecule has 2 rings (SSSR count). The van der Waals surface area contributed by atoms with Gasteiger partial charge in [0.1, 0.15) is 12.4 Å². The lowest BCUT2D eigenvalue weighted by Crippen LogP contribution is -2.20. The Morgan fingerprint density at radius 3 is 2.83 bits per heavy atom. The minimum Gasteiger partial charge on any atom is -0.491 e. The number of rotatable bonds is 4. The van der Waals surface area contributed by atoms with Crippen molar-refractivity contribution in [3.8, 4) is 11.8 Å². The lowest BCUT2D eigenvalue weighted by atomic mass is 10.1. The third-order valence-electron chi connectivity index (χ3n) is 2.66. The summed E-state index contributed by atoms with van der Waals surface area (Å²) in [4.78, 5) is 4.15. The Balaban J connectivity index is 1.87. The molecule has 94 valence electrons. The predicted octanol–water partition coefficient (Wildman–Crippen LogP) is 1.43. The minimum absolute atomic E-state index is 0.0150. The van der Waals surface area contributed by atoms with Gasteiger partial charge in [0.25, 0.3) is 6.02 Å². The van der Waals surface area contributed by atoms with Crippen molar-refractivity contribution < 1.29 is 9.47 Å². The molecule has 5 nitrogen and oxygen atoms in total. The van der Waals surface area contributed by atoms with E-state index in [0.717, 1.165) is 12.2 Å². The number of ether oxygens (including phenoxy) is 2. The van der Waals surface area contributed by atoms with Crippen LogP contribution in [0.3, 0.4) is 0 Å². The third kappa shape index (κ3) is 3.14. The quantitative estimate of drug-likeness (QED) is 0.870. The molecule has 0 saturated heterocycles. The maximum absolute atomic E-state index is 8.69. The van der Waals surface area contributed by atoms with Crippen molar-refractivity contribution in [3.05, 3.63) is 29.8 Å². The second kappa shape index (κ2) is 5.41. The fourth-order valence-electron chi connectivity index (χ4n) is 1.83. The largest absolute Gasteiger partial charge is 0.491 e. The zero-order chi connectivity index (χ0) is 13.0. The highest BCUT2D eigenvalue weighted by Gasteiger charge is 2.20. The van der Waals surface area contributed by atoms with Crippen LogP contribution in [-0.4, -0.2) is 24.8 Å². The van der Waals surface area contributed by atoms with Crippen LogP contribution in [0.1, 0.15) is 18.9 Å². The summed E-state index contributed by atoms with van der Waals surface area (Å²) in [6.45, 7) is 2.50. The zero-order valence-electron chi connectivity index (χ0n) is 10.2. The van der Waals surface area contributed by atoms with E-state index in [1.165, 1.54) is 0 Å². The molecular formula is C13H15N3O2. The highest BCUT2D eigenvalue weighted by atomic mass is 16.5. The van der Waals surface area contributed by atoms with E-state index in [1.807, 2.05) is 6.92 Å². The molecule has 18 heavy (non-hydrogen) atoms. The second-order valence-corrected chi connectivity index (χ2v) is 4.23. The van der Waals surface area contributed by atoms with Crippen LogP contribution in [0, 0.1) is 11.3 Å². The molecule has 5 heteroatoms. The van der Waals surface area contributed by atoms with Crippen LogP contribution in [-0.2, 0) is 4.74 Å². The van der Waals surface area contributed by atoms with Crippen LogP contribution in [0.4, 0.5) is 0 Å². The van der Waals surface area contributed by atoms with Gasteiger partial charge in [0.15, 0.2) is 0 Å². The van der Waals surface area contributed by atoms with Crippen molar-refractivity contribution >= 4 is 6.02 Å². The average Bonchev–Trinajstić information content (AvgIpc) is 2.75. The number of nitrogens with zero attached hydrogens (tertiary/aromatic N) is 2. The minimum atomic E-state index is 0.0150. The monoisotopic (exact) mass is 245 g/mol. The highest BCUT2D eigenvalue weighted by Crippen LogP contribution is 2.17. The van der Waals surface area contributed by atoms with E-state index < -0.39 is 0 Å². The molecule has 0 aromatic heterocycles. The number of hydrogen-bond donors (Lipinski definition) is 1. The summed E-state index contributed by atoms with van der Waals surface area (Å²) >= 11 is 0. The molecule has 1 aromatic carbocycles. The Labute approximate surface area is 106 Å². The normalized spacial score (nSPS) is 19.6. The number of amidine groups is 1. The van der Waals surface area contributed by atoms with Gasteiger partial charge in [-0.1, -0.05) is 0 Å². The first-order chi connectivity index (χ1) is 8.67. The molecule has 0 unspecified atom stereocenters. The van der Waals surface area contributed by atoms with Crippen LogP contribution >= 0.6 is 0 Å². The summed E-state index contributed by atoms with van der Waals surface area (Å²) in [5, 5.41) is 8.69. The van der Waals surface area contributed by atoms with Crippen molar-refractivity contribution in [2.45, 2.75) is 25.5 Å². The van der Waals surface area contributed by atoms with E-state index in [2.05, 4.69) is 11.1 Å². The lowest BCUT2D eigenvalue weighted by Gasteiger charge is -2.16. The highest BCUT2D eigenvalue weighted by molar-refractivity contribution is 5.73. The predicted molar refractivity (Wildman–Crippen MR) is 67.2 cm³/mol. The van der Waals surface area contributed by atoms with Gasteiger partial charge in [-0.2, -0.15) is 5.26 Å². The van der Waals surface area contributed by atoms with Crippen LogP contribution in [0.2, 0.25) is 0 Å². The van der Waals surface area contributed by atoms with Gasteiger partial charge in [0.2, 0.25) is 0 Å². The molecule has 0 fully saturated rings. The van der Waals surface area contributed by atoms with Gasteiger partial charge in [-0.15, -0.1) is 0 Å². The third-order valence-corrected chi connectivity index (χ3v) is 2.66. The lowest BCUT2D eigenvalue weighted by molar-refractivity contribution is 0.189. The molecule has 0 radical (unpaired) electrons. The number of aliphatic imine (C=N–C) groups is 1. The summed E-state index contributed by atoms with van der Waals surface area (Å²) in [5.74, 6) is 0.748. The average molecular weight is 245 g/mol. The van der Waals surface area contributed by atoms with Crippen LogP contribution in [0.15, 0.2) is 29.3 Å². The van der Waals surface area contributed by atoms with Crippen molar-refractivity contribution in [2.24, 2.45) is 10.7 Å². The first-order valence-corrected chi connectivity index (χ1v) is 5.80. The van der Waals surface area contributed by atoms with E-state index in [9.17, 15) is 0 Å².